The number of nitriles is 2. The minimum atomic E-state index is -0.832. The van der Waals surface area contributed by atoms with Crippen LogP contribution in [0.3, 0.4) is 0 Å². The Morgan fingerprint density at radius 2 is 1.85 bits per heavy atom. The molecule has 2 aromatic rings. The number of carbonyl (C=O) groups is 1. The SMILES string of the molecule is CN1C(=O)C(Br)[C@@](C)(c2cc(-c3cc(C#N)cc(C#N)c3)cs2)N=C1N. The summed E-state index contributed by atoms with van der Waals surface area (Å²) in [6.45, 7) is 1.85. The first-order valence-corrected chi connectivity index (χ1v) is 9.41. The maximum atomic E-state index is 12.4. The largest absolute Gasteiger partial charge is 0.369 e. The molecule has 0 fully saturated rings. The zero-order chi connectivity index (χ0) is 19.1. The van der Waals surface area contributed by atoms with E-state index < -0.39 is 10.4 Å². The maximum Gasteiger partial charge on any atom is 0.245 e. The quantitative estimate of drug-likeness (QED) is 0.743. The summed E-state index contributed by atoms with van der Waals surface area (Å²) in [5.41, 5.74) is 7.55. The van der Waals surface area contributed by atoms with E-state index >= 15 is 0 Å². The molecule has 1 aliphatic heterocycles. The van der Waals surface area contributed by atoms with E-state index in [1.807, 2.05) is 18.4 Å². The molecule has 0 radical (unpaired) electrons. The lowest BCUT2D eigenvalue weighted by molar-refractivity contribution is -0.127. The number of nitrogens with zero attached hydrogens (tertiary/aromatic N) is 4. The van der Waals surface area contributed by atoms with Crippen LogP contribution in [0.25, 0.3) is 11.1 Å². The van der Waals surface area contributed by atoms with Crippen molar-refractivity contribution < 1.29 is 4.79 Å². The molecule has 8 heteroatoms. The Morgan fingerprint density at radius 3 is 2.42 bits per heavy atom. The maximum absolute atomic E-state index is 12.4. The molecule has 6 nitrogen and oxygen atoms in total. The van der Waals surface area contributed by atoms with Gasteiger partial charge in [0, 0.05) is 11.9 Å². The van der Waals surface area contributed by atoms with Crippen molar-refractivity contribution >= 4 is 39.1 Å². The molecule has 1 aliphatic rings. The van der Waals surface area contributed by atoms with Crippen LogP contribution in [0.1, 0.15) is 22.9 Å². The van der Waals surface area contributed by atoms with Gasteiger partial charge in [-0.2, -0.15) is 10.5 Å². The highest BCUT2D eigenvalue weighted by atomic mass is 79.9. The molecule has 0 bridgehead atoms. The Labute approximate surface area is 163 Å². The van der Waals surface area contributed by atoms with Crippen molar-refractivity contribution in [2.45, 2.75) is 17.3 Å². The second-order valence-electron chi connectivity index (χ2n) is 6.10. The average Bonchev–Trinajstić information content (AvgIpc) is 3.15. The summed E-state index contributed by atoms with van der Waals surface area (Å²) >= 11 is 4.92. The number of alkyl halides is 1. The number of thiophene rings is 1. The van der Waals surface area contributed by atoms with E-state index in [-0.39, 0.29) is 11.9 Å². The molecular weight excluding hydrogens is 414 g/mol. The first-order valence-electron chi connectivity index (χ1n) is 7.62. The van der Waals surface area contributed by atoms with Crippen molar-refractivity contribution in [3.05, 3.63) is 45.6 Å². The van der Waals surface area contributed by atoms with Crippen LogP contribution in [0, 0.1) is 22.7 Å². The van der Waals surface area contributed by atoms with Crippen molar-refractivity contribution in [1.29, 1.82) is 10.5 Å². The lowest BCUT2D eigenvalue weighted by atomic mass is 9.92. The van der Waals surface area contributed by atoms with Gasteiger partial charge in [-0.3, -0.25) is 9.69 Å². The normalized spacial score (nSPS) is 22.5. The molecule has 1 amide bonds. The number of guanidine groups is 1. The second kappa shape index (κ2) is 6.56. The van der Waals surface area contributed by atoms with Crippen LogP contribution < -0.4 is 5.73 Å². The number of rotatable bonds is 2. The van der Waals surface area contributed by atoms with Gasteiger partial charge in [-0.1, -0.05) is 15.9 Å². The van der Waals surface area contributed by atoms with Gasteiger partial charge < -0.3 is 5.73 Å². The van der Waals surface area contributed by atoms with Gasteiger partial charge >= 0.3 is 0 Å². The Bertz CT molecular complexity index is 983. The number of hydrogen-bond acceptors (Lipinski definition) is 6. The van der Waals surface area contributed by atoms with E-state index in [1.54, 1.807) is 25.2 Å². The minimum Gasteiger partial charge on any atom is -0.369 e. The molecular formula is C18H14BrN5OS. The number of benzene rings is 1. The molecule has 0 saturated carbocycles. The van der Waals surface area contributed by atoms with Crippen LogP contribution in [0.5, 0.6) is 0 Å². The van der Waals surface area contributed by atoms with Gasteiger partial charge in [0.2, 0.25) is 5.91 Å². The monoisotopic (exact) mass is 427 g/mol. The smallest absolute Gasteiger partial charge is 0.245 e. The first-order chi connectivity index (χ1) is 12.3. The van der Waals surface area contributed by atoms with Gasteiger partial charge in [-0.25, -0.2) is 4.99 Å². The van der Waals surface area contributed by atoms with Crippen LogP contribution in [-0.4, -0.2) is 28.6 Å². The zero-order valence-electron chi connectivity index (χ0n) is 14.0. The van der Waals surface area contributed by atoms with E-state index in [9.17, 15) is 4.79 Å². The number of amides is 1. The molecule has 2 heterocycles. The predicted octanol–water partition coefficient (Wildman–Crippen LogP) is 2.92. The highest BCUT2D eigenvalue weighted by Gasteiger charge is 2.45. The highest BCUT2D eigenvalue weighted by Crippen LogP contribution is 2.42. The van der Waals surface area contributed by atoms with E-state index in [2.05, 4.69) is 33.1 Å². The fourth-order valence-electron chi connectivity index (χ4n) is 2.75. The highest BCUT2D eigenvalue weighted by molar-refractivity contribution is 9.10. The summed E-state index contributed by atoms with van der Waals surface area (Å²) in [5.74, 6) is 0.00888. The van der Waals surface area contributed by atoms with Gasteiger partial charge in [0.05, 0.1) is 23.3 Å². The van der Waals surface area contributed by atoms with Crippen molar-refractivity contribution in [3.8, 4) is 23.3 Å². The van der Waals surface area contributed by atoms with E-state index in [4.69, 9.17) is 16.3 Å². The average molecular weight is 428 g/mol. The summed E-state index contributed by atoms with van der Waals surface area (Å²) in [6.07, 6.45) is 0. The number of halogens is 1. The first kappa shape index (κ1) is 18.1. The fraction of sp³-hybridized carbons (Fsp3) is 0.222. The topological polar surface area (TPSA) is 106 Å². The summed E-state index contributed by atoms with van der Waals surface area (Å²) in [4.78, 5) is 18.6. The van der Waals surface area contributed by atoms with E-state index in [0.29, 0.717) is 11.1 Å². The van der Waals surface area contributed by atoms with E-state index in [1.165, 1.54) is 16.2 Å². The molecule has 0 spiro atoms. The number of carbonyl (C=O) groups excluding carboxylic acids is 1. The van der Waals surface area contributed by atoms with Crippen LogP contribution in [0.15, 0.2) is 34.6 Å². The fourth-order valence-corrected chi connectivity index (χ4v) is 4.61. The molecule has 0 saturated heterocycles. The third-order valence-corrected chi connectivity index (χ3v) is 6.79. The van der Waals surface area contributed by atoms with Gasteiger partial charge in [-0.15, -0.1) is 11.3 Å². The Kier molecular flexibility index (Phi) is 4.57. The molecule has 2 N–H and O–H groups in total. The Hall–Kier alpha value is -2.68. The van der Waals surface area contributed by atoms with Gasteiger partial charge in [0.1, 0.15) is 10.4 Å². The third-order valence-electron chi connectivity index (χ3n) is 4.35. The second-order valence-corrected chi connectivity index (χ2v) is 7.93. The summed E-state index contributed by atoms with van der Waals surface area (Å²) < 4.78 is 0. The molecule has 1 aromatic heterocycles. The van der Waals surface area contributed by atoms with Crippen LogP contribution in [0.4, 0.5) is 0 Å². The Balaban J connectivity index is 2.08. The van der Waals surface area contributed by atoms with Gasteiger partial charge in [0.25, 0.3) is 0 Å². The lowest BCUT2D eigenvalue weighted by Gasteiger charge is -2.36. The molecule has 1 aromatic carbocycles. The molecule has 26 heavy (non-hydrogen) atoms. The molecule has 1 unspecified atom stereocenters. The van der Waals surface area contributed by atoms with E-state index in [0.717, 1.165) is 16.0 Å². The standard InChI is InChI=1S/C18H14BrN5OS/c1-18(15(19)16(25)24(2)17(22)23-18)14-6-13(9-26-14)12-4-10(7-20)3-11(5-12)8-21/h3-6,9,15H,1-2H3,(H2,22,23)/t15?,18-/m1/s1. The predicted molar refractivity (Wildman–Crippen MR) is 104 cm³/mol. The molecule has 2 atom stereocenters. The molecule has 3 rings (SSSR count). The van der Waals surface area contributed by atoms with Crippen LogP contribution >= 0.6 is 27.3 Å². The third kappa shape index (κ3) is 2.88. The summed E-state index contributed by atoms with van der Waals surface area (Å²) in [6, 6.07) is 11.1. The summed E-state index contributed by atoms with van der Waals surface area (Å²) in [7, 11) is 1.59. The molecule has 0 aliphatic carbocycles. The van der Waals surface area contributed by atoms with Crippen LogP contribution in [0.2, 0.25) is 0 Å². The molecule has 130 valence electrons. The van der Waals surface area contributed by atoms with Gasteiger partial charge in [0.15, 0.2) is 5.96 Å². The number of hydrogen-bond donors (Lipinski definition) is 1. The lowest BCUT2D eigenvalue weighted by Crippen LogP contribution is -2.54. The van der Waals surface area contributed by atoms with Crippen LogP contribution in [-0.2, 0) is 10.3 Å². The Morgan fingerprint density at radius 1 is 1.23 bits per heavy atom. The van der Waals surface area contributed by atoms with Crippen molar-refractivity contribution in [1.82, 2.24) is 4.90 Å². The number of nitrogens with two attached hydrogens (primary N) is 1. The van der Waals surface area contributed by atoms with Gasteiger partial charge in [-0.05, 0) is 47.7 Å². The van der Waals surface area contributed by atoms with Crippen molar-refractivity contribution in [2.75, 3.05) is 7.05 Å². The van der Waals surface area contributed by atoms with Crippen molar-refractivity contribution in [2.24, 2.45) is 10.7 Å². The zero-order valence-corrected chi connectivity index (χ0v) is 16.4. The summed E-state index contributed by atoms with van der Waals surface area (Å²) in [5, 5.41) is 20.2. The minimum absolute atomic E-state index is 0.159. The van der Waals surface area contributed by atoms with Crippen molar-refractivity contribution in [3.63, 3.8) is 0 Å². The number of aliphatic imine (C=N–C) groups is 1.